The quantitative estimate of drug-likeness (QED) is 0.396. The van der Waals surface area contributed by atoms with Gasteiger partial charge in [0.1, 0.15) is 0 Å². The van der Waals surface area contributed by atoms with E-state index < -0.39 is 0 Å². The van der Waals surface area contributed by atoms with Crippen LogP contribution >= 0.6 is 0 Å². The van der Waals surface area contributed by atoms with E-state index in [0.29, 0.717) is 6.54 Å². The van der Waals surface area contributed by atoms with Crippen molar-refractivity contribution in [3.8, 4) is 0 Å². The average molecular weight is 96.1 g/mol. The zero-order valence-corrected chi connectivity index (χ0v) is 4.17. The third kappa shape index (κ3) is 1.29. The topological polar surface area (TPSA) is 25.5 Å². The largest absolute Gasteiger partial charge is 0.204 e. The Morgan fingerprint density at radius 2 is 2.29 bits per heavy atom. The minimum atomic E-state index is 0.694. The highest BCUT2D eigenvalue weighted by Crippen LogP contribution is 1.94. The van der Waals surface area contributed by atoms with Crippen LogP contribution in [0.3, 0.4) is 0 Å². The summed E-state index contributed by atoms with van der Waals surface area (Å²) < 4.78 is 0. The number of nitrogens with zero attached hydrogens (tertiary/aromatic N) is 2. The van der Waals surface area contributed by atoms with Gasteiger partial charge in [-0.15, -0.1) is 0 Å². The molecule has 2 nitrogen and oxygen atoms in total. The number of hydrogen-bond acceptors (Lipinski definition) is 1. The molecule has 0 aromatic rings. The Bertz CT molecular complexity index is 78.1. The van der Waals surface area contributed by atoms with Crippen molar-refractivity contribution in [3.05, 3.63) is 12.2 Å². The summed E-state index contributed by atoms with van der Waals surface area (Å²) in [4.78, 5) is 0. The Morgan fingerprint density at radius 3 is 2.57 bits per heavy atom. The summed E-state index contributed by atoms with van der Waals surface area (Å²) >= 11 is 0. The van der Waals surface area contributed by atoms with E-state index in [2.05, 4.69) is 6.08 Å². The van der Waals surface area contributed by atoms with Gasteiger partial charge >= 0.3 is 0 Å². The van der Waals surface area contributed by atoms with Crippen LogP contribution in [0.5, 0.6) is 0 Å². The van der Waals surface area contributed by atoms with Gasteiger partial charge in [-0.25, -0.2) is 5.01 Å². The molecule has 1 heterocycles. The molecular formula is C5H8N2. The Balaban J connectivity index is 2.32. The molecule has 1 aliphatic rings. The molecule has 1 rings (SSSR count). The standard InChI is InChI=1S/C5H8N2/c6-7-4-2-1-3-5-7/h1-2H,3-5H2. The smallest absolute Gasteiger partial charge is 0.0343 e. The lowest BCUT2D eigenvalue weighted by molar-refractivity contribution is 0.292. The summed E-state index contributed by atoms with van der Waals surface area (Å²) in [6.07, 6.45) is 5.02. The minimum absolute atomic E-state index is 0.694. The summed E-state index contributed by atoms with van der Waals surface area (Å²) in [5.41, 5.74) is 0. The highest BCUT2D eigenvalue weighted by Gasteiger charge is 1.98. The van der Waals surface area contributed by atoms with Gasteiger partial charge in [-0.2, -0.15) is 0 Å². The van der Waals surface area contributed by atoms with Crippen LogP contribution in [0.15, 0.2) is 12.2 Å². The van der Waals surface area contributed by atoms with Crippen LogP contribution in [0.25, 0.3) is 0 Å². The molecule has 0 fully saturated rings. The van der Waals surface area contributed by atoms with Gasteiger partial charge in [0.05, 0.1) is 0 Å². The molecule has 0 saturated carbocycles. The molecular weight excluding hydrogens is 88.1 g/mol. The molecule has 0 saturated heterocycles. The third-order valence-corrected chi connectivity index (χ3v) is 1.04. The Morgan fingerprint density at radius 1 is 1.43 bits per heavy atom. The van der Waals surface area contributed by atoms with Crippen LogP contribution in [0.4, 0.5) is 0 Å². The Hall–Kier alpha value is -0.340. The summed E-state index contributed by atoms with van der Waals surface area (Å²) in [5, 5.41) is 1.31. The van der Waals surface area contributed by atoms with E-state index in [1.165, 1.54) is 5.01 Å². The van der Waals surface area contributed by atoms with Crippen molar-refractivity contribution in [3.63, 3.8) is 0 Å². The lowest BCUT2D eigenvalue weighted by atomic mass is 10.3. The van der Waals surface area contributed by atoms with Crippen molar-refractivity contribution in [2.45, 2.75) is 6.42 Å². The van der Waals surface area contributed by atoms with E-state index in [4.69, 9.17) is 5.84 Å². The van der Waals surface area contributed by atoms with Crippen molar-refractivity contribution >= 4 is 0 Å². The van der Waals surface area contributed by atoms with Crippen LogP contribution in [0.2, 0.25) is 0 Å². The molecule has 0 aromatic carbocycles. The zero-order chi connectivity index (χ0) is 5.11. The highest BCUT2D eigenvalue weighted by molar-refractivity contribution is 4.88. The predicted octanol–water partition coefficient (Wildman–Crippen LogP) is 0.232. The lowest BCUT2D eigenvalue weighted by Crippen LogP contribution is -2.24. The monoisotopic (exact) mass is 96.1 g/mol. The fourth-order valence-electron chi connectivity index (χ4n) is 0.629. The normalized spacial score (nSPS) is 23.0. The summed E-state index contributed by atoms with van der Waals surface area (Å²) in [6, 6.07) is 0. The van der Waals surface area contributed by atoms with Gasteiger partial charge in [0.25, 0.3) is 0 Å². The summed E-state index contributed by atoms with van der Waals surface area (Å²) in [6.45, 7) is 1.48. The summed E-state index contributed by atoms with van der Waals surface area (Å²) in [7, 11) is 0. The molecule has 0 bridgehead atoms. The van der Waals surface area contributed by atoms with Gasteiger partial charge in [0, 0.05) is 13.1 Å². The number of hydrogen-bond donors (Lipinski definition) is 0. The maximum absolute atomic E-state index is 8.69. The van der Waals surface area contributed by atoms with Crippen molar-refractivity contribution in [1.82, 2.24) is 10.9 Å². The van der Waals surface area contributed by atoms with E-state index in [1.54, 1.807) is 0 Å². The zero-order valence-electron chi connectivity index (χ0n) is 4.17. The van der Waals surface area contributed by atoms with Crippen LogP contribution in [-0.2, 0) is 0 Å². The molecule has 0 N–H and O–H groups in total. The van der Waals surface area contributed by atoms with E-state index in [0.717, 1.165) is 13.0 Å². The molecule has 0 atom stereocenters. The Labute approximate surface area is 43.6 Å². The molecule has 0 aliphatic carbocycles. The first kappa shape index (κ1) is 4.81. The molecule has 0 unspecified atom stereocenters. The molecule has 38 valence electrons. The van der Waals surface area contributed by atoms with E-state index >= 15 is 0 Å². The number of rotatable bonds is 0. The van der Waals surface area contributed by atoms with Crippen molar-refractivity contribution in [2.24, 2.45) is 0 Å². The van der Waals surface area contributed by atoms with Crippen molar-refractivity contribution in [2.75, 3.05) is 13.1 Å². The molecule has 2 heteroatoms. The second-order valence-corrected chi connectivity index (χ2v) is 1.67. The molecule has 1 aliphatic heterocycles. The molecule has 2 radical (unpaired) electrons. The first-order valence-corrected chi connectivity index (χ1v) is 2.48. The molecule has 7 heavy (non-hydrogen) atoms. The van der Waals surface area contributed by atoms with Crippen LogP contribution in [0.1, 0.15) is 6.42 Å². The fraction of sp³-hybridized carbons (Fsp3) is 0.600. The fourth-order valence-corrected chi connectivity index (χ4v) is 0.629. The van der Waals surface area contributed by atoms with Crippen LogP contribution in [-0.4, -0.2) is 18.1 Å². The van der Waals surface area contributed by atoms with Gasteiger partial charge in [-0.3, -0.25) is 0 Å². The van der Waals surface area contributed by atoms with Crippen LogP contribution in [0, 0.1) is 0 Å². The van der Waals surface area contributed by atoms with Crippen LogP contribution < -0.4 is 5.84 Å². The second kappa shape index (κ2) is 2.09. The average Bonchev–Trinajstić information content (AvgIpc) is 1.69. The first-order chi connectivity index (χ1) is 3.39. The van der Waals surface area contributed by atoms with Gasteiger partial charge in [0.15, 0.2) is 0 Å². The maximum Gasteiger partial charge on any atom is 0.0343 e. The van der Waals surface area contributed by atoms with Gasteiger partial charge in [0.2, 0.25) is 0 Å². The van der Waals surface area contributed by atoms with Gasteiger partial charge < -0.3 is 0 Å². The van der Waals surface area contributed by atoms with E-state index in [-0.39, 0.29) is 0 Å². The predicted molar refractivity (Wildman–Crippen MR) is 27.5 cm³/mol. The van der Waals surface area contributed by atoms with Gasteiger partial charge in [-0.05, 0) is 12.3 Å². The van der Waals surface area contributed by atoms with Gasteiger partial charge in [-0.1, -0.05) is 12.2 Å². The third-order valence-electron chi connectivity index (χ3n) is 1.04. The summed E-state index contributed by atoms with van der Waals surface area (Å²) in [5.74, 6) is 8.69. The molecule has 0 spiro atoms. The van der Waals surface area contributed by atoms with E-state index in [1.807, 2.05) is 6.08 Å². The minimum Gasteiger partial charge on any atom is -0.204 e. The molecule has 0 aromatic heterocycles. The van der Waals surface area contributed by atoms with Crippen molar-refractivity contribution in [1.29, 1.82) is 0 Å². The maximum atomic E-state index is 8.69. The second-order valence-electron chi connectivity index (χ2n) is 1.67. The van der Waals surface area contributed by atoms with Crippen molar-refractivity contribution < 1.29 is 0 Å². The van der Waals surface area contributed by atoms with E-state index in [9.17, 15) is 0 Å². The highest BCUT2D eigenvalue weighted by atomic mass is 15.4. The molecule has 0 amide bonds. The lowest BCUT2D eigenvalue weighted by Gasteiger charge is -2.11. The first-order valence-electron chi connectivity index (χ1n) is 2.48. The Kier molecular flexibility index (Phi) is 1.44. The SMILES string of the molecule is [N]N1CC=CCC1.